The van der Waals surface area contributed by atoms with Crippen LogP contribution < -0.4 is 5.62 Å². The van der Waals surface area contributed by atoms with Gasteiger partial charge in [0.05, 0.1) is 24.1 Å². The molecule has 1 heterocycles. The second-order valence-electron chi connectivity index (χ2n) is 11.4. The molecule has 0 saturated heterocycles. The summed E-state index contributed by atoms with van der Waals surface area (Å²) in [4.78, 5) is 13.6. The van der Waals surface area contributed by atoms with Gasteiger partial charge in [0.25, 0.3) is 0 Å². The molecule has 0 unspecified atom stereocenters. The maximum atomic E-state index is 14.4. The molecule has 7 heteroatoms. The van der Waals surface area contributed by atoms with Crippen molar-refractivity contribution in [2.24, 2.45) is 0 Å². The normalized spacial score (nSPS) is 12.0. The van der Waals surface area contributed by atoms with Gasteiger partial charge in [-0.15, -0.1) is 17.0 Å². The standard InChI is InChI=1S/C30H34FN3O2.BrH/c1-29(2,3)21-15-20(16-22(27(21)36)30(4,5)6)26(35)18-34-25-14-10-9-13-24(25)33(28(34)32)17-19-11-7-8-12-23(19)31;/h7-16,32,36H,17-18H2,1-6H3;1H. The van der Waals surface area contributed by atoms with E-state index in [2.05, 4.69) is 0 Å². The van der Waals surface area contributed by atoms with Gasteiger partial charge in [-0.1, -0.05) is 71.9 Å². The second-order valence-corrected chi connectivity index (χ2v) is 11.4. The lowest BCUT2D eigenvalue weighted by atomic mass is 9.78. The fraction of sp³-hybridized carbons (Fsp3) is 0.333. The summed E-state index contributed by atoms with van der Waals surface area (Å²) in [6.07, 6.45) is 0. The molecule has 0 fully saturated rings. The lowest BCUT2D eigenvalue weighted by Gasteiger charge is -2.28. The number of nitrogens with zero attached hydrogens (tertiary/aromatic N) is 2. The van der Waals surface area contributed by atoms with E-state index in [4.69, 9.17) is 5.41 Å². The summed E-state index contributed by atoms with van der Waals surface area (Å²) in [5.41, 5.74) is 3.32. The minimum Gasteiger partial charge on any atom is -0.507 e. The van der Waals surface area contributed by atoms with Crippen molar-refractivity contribution in [3.8, 4) is 5.75 Å². The Morgan fingerprint density at radius 3 is 1.86 bits per heavy atom. The highest BCUT2D eigenvalue weighted by Gasteiger charge is 2.28. The van der Waals surface area contributed by atoms with Crippen LogP contribution in [0, 0.1) is 11.2 Å². The Bertz CT molecular complexity index is 1490. The number of fused-ring (bicyclic) bond motifs is 1. The molecule has 37 heavy (non-hydrogen) atoms. The van der Waals surface area contributed by atoms with Crippen molar-refractivity contribution in [2.45, 2.75) is 65.5 Å². The van der Waals surface area contributed by atoms with Crippen LogP contribution in [0.2, 0.25) is 0 Å². The average molecular weight is 569 g/mol. The molecule has 4 aromatic rings. The molecule has 0 aliphatic rings. The zero-order valence-corrected chi connectivity index (χ0v) is 23.9. The molecular weight excluding hydrogens is 533 g/mol. The summed E-state index contributed by atoms with van der Waals surface area (Å²) in [7, 11) is 0. The number of para-hydroxylation sites is 2. The van der Waals surface area contributed by atoms with E-state index in [1.807, 2.05) is 65.8 Å². The van der Waals surface area contributed by atoms with Gasteiger partial charge in [0.2, 0.25) is 5.62 Å². The third-order valence-electron chi connectivity index (χ3n) is 6.61. The van der Waals surface area contributed by atoms with E-state index in [9.17, 15) is 14.3 Å². The number of carbonyl (C=O) groups excluding carboxylic acids is 1. The SMILES string of the molecule is Br.CC(C)(C)c1cc(C(=O)Cn2c(=N)n(Cc3ccccc3F)c3ccccc32)cc(C(C)(C)C)c1O. The van der Waals surface area contributed by atoms with Gasteiger partial charge < -0.3 is 14.2 Å². The summed E-state index contributed by atoms with van der Waals surface area (Å²) >= 11 is 0. The Hall–Kier alpha value is -3.19. The Morgan fingerprint density at radius 1 is 0.865 bits per heavy atom. The first kappa shape index (κ1) is 28.4. The molecule has 0 saturated carbocycles. The van der Waals surface area contributed by atoms with Crippen LogP contribution in [0.15, 0.2) is 60.7 Å². The molecule has 5 nitrogen and oxygen atoms in total. The van der Waals surface area contributed by atoms with E-state index < -0.39 is 0 Å². The van der Waals surface area contributed by atoms with Crippen molar-refractivity contribution in [3.63, 3.8) is 0 Å². The van der Waals surface area contributed by atoms with Crippen LogP contribution >= 0.6 is 17.0 Å². The number of nitrogens with one attached hydrogen (secondary N) is 1. The molecule has 0 spiro atoms. The maximum Gasteiger partial charge on any atom is 0.203 e. The molecule has 2 N–H and O–H groups in total. The van der Waals surface area contributed by atoms with Gasteiger partial charge in [0.1, 0.15) is 11.6 Å². The maximum absolute atomic E-state index is 14.4. The lowest BCUT2D eigenvalue weighted by molar-refractivity contribution is 0.0971. The van der Waals surface area contributed by atoms with Gasteiger partial charge in [0.15, 0.2) is 5.78 Å². The number of phenols is 1. The lowest BCUT2D eigenvalue weighted by Crippen LogP contribution is -2.28. The molecule has 0 aliphatic carbocycles. The Balaban J connectivity index is 0.00000380. The first-order chi connectivity index (χ1) is 16.8. The number of imidazole rings is 1. The Kier molecular flexibility index (Phi) is 7.89. The molecule has 196 valence electrons. The van der Waals surface area contributed by atoms with Crippen LogP contribution in [0.4, 0.5) is 4.39 Å². The number of ketones is 1. The van der Waals surface area contributed by atoms with Gasteiger partial charge in [-0.2, -0.15) is 0 Å². The summed E-state index contributed by atoms with van der Waals surface area (Å²) in [6, 6.07) is 17.6. The molecule has 0 atom stereocenters. The zero-order valence-electron chi connectivity index (χ0n) is 22.2. The monoisotopic (exact) mass is 567 g/mol. The first-order valence-electron chi connectivity index (χ1n) is 12.2. The molecule has 0 aliphatic heterocycles. The van der Waals surface area contributed by atoms with Crippen molar-refractivity contribution >= 4 is 33.8 Å². The highest BCUT2D eigenvalue weighted by atomic mass is 79.9. The summed E-state index contributed by atoms with van der Waals surface area (Å²) in [5, 5.41) is 19.9. The molecule has 0 amide bonds. The minimum atomic E-state index is -0.357. The van der Waals surface area contributed by atoms with Gasteiger partial charge in [-0.25, -0.2) is 4.39 Å². The molecule has 0 radical (unpaired) electrons. The highest BCUT2D eigenvalue weighted by Crippen LogP contribution is 2.40. The number of hydrogen-bond acceptors (Lipinski definition) is 3. The van der Waals surface area contributed by atoms with E-state index >= 15 is 0 Å². The Morgan fingerprint density at radius 2 is 1.35 bits per heavy atom. The van der Waals surface area contributed by atoms with E-state index in [-0.39, 0.29) is 63.9 Å². The van der Waals surface area contributed by atoms with Gasteiger partial charge in [0, 0.05) is 22.3 Å². The van der Waals surface area contributed by atoms with Crippen molar-refractivity contribution in [3.05, 3.63) is 94.4 Å². The summed E-state index contributed by atoms with van der Waals surface area (Å²) in [5.74, 6) is -0.258. The summed E-state index contributed by atoms with van der Waals surface area (Å²) < 4.78 is 17.8. The molecule has 0 bridgehead atoms. The highest BCUT2D eigenvalue weighted by molar-refractivity contribution is 8.93. The number of phenolic OH excluding ortho intramolecular Hbond substituents is 1. The van der Waals surface area contributed by atoms with E-state index in [0.717, 1.165) is 22.2 Å². The van der Waals surface area contributed by atoms with Crippen LogP contribution in [0.25, 0.3) is 11.0 Å². The van der Waals surface area contributed by atoms with Gasteiger partial charge >= 0.3 is 0 Å². The molecule has 3 aromatic carbocycles. The number of hydrogen-bond donors (Lipinski definition) is 2. The number of benzene rings is 3. The largest absolute Gasteiger partial charge is 0.507 e. The average Bonchev–Trinajstić information content (AvgIpc) is 3.05. The Labute approximate surface area is 227 Å². The third kappa shape index (κ3) is 5.57. The van der Waals surface area contributed by atoms with Crippen molar-refractivity contribution in [1.29, 1.82) is 5.41 Å². The fourth-order valence-corrected chi connectivity index (χ4v) is 4.59. The van der Waals surface area contributed by atoms with Crippen LogP contribution in [0.3, 0.4) is 0 Å². The van der Waals surface area contributed by atoms with Crippen LogP contribution in [0.5, 0.6) is 5.75 Å². The number of carbonyl (C=O) groups is 1. The van der Waals surface area contributed by atoms with Crippen molar-refractivity contribution in [2.75, 3.05) is 0 Å². The number of aromatic hydroxyl groups is 1. The quantitative estimate of drug-likeness (QED) is 0.258. The second kappa shape index (κ2) is 10.3. The van der Waals surface area contributed by atoms with Crippen LogP contribution in [0.1, 0.15) is 68.6 Å². The molecule has 1 aromatic heterocycles. The topological polar surface area (TPSA) is 71.0 Å². The smallest absolute Gasteiger partial charge is 0.203 e. The predicted octanol–water partition coefficient (Wildman–Crippen LogP) is 6.87. The van der Waals surface area contributed by atoms with Gasteiger partial charge in [-0.3, -0.25) is 10.2 Å². The molecular formula is C30H35BrFN3O2. The molecule has 4 rings (SSSR count). The summed E-state index contributed by atoms with van der Waals surface area (Å²) in [6.45, 7) is 12.2. The van der Waals surface area contributed by atoms with Crippen LogP contribution in [-0.2, 0) is 23.9 Å². The number of aromatic nitrogens is 2. The van der Waals surface area contributed by atoms with E-state index in [1.54, 1.807) is 39.5 Å². The minimum absolute atomic E-state index is 0. The predicted molar refractivity (Wildman–Crippen MR) is 151 cm³/mol. The van der Waals surface area contributed by atoms with Crippen LogP contribution in [-0.4, -0.2) is 20.0 Å². The van der Waals surface area contributed by atoms with E-state index in [0.29, 0.717) is 11.1 Å². The van der Waals surface area contributed by atoms with Crippen molar-refractivity contribution in [1.82, 2.24) is 9.13 Å². The van der Waals surface area contributed by atoms with Gasteiger partial charge in [-0.05, 0) is 41.2 Å². The first-order valence-corrected chi connectivity index (χ1v) is 12.2. The van der Waals surface area contributed by atoms with E-state index in [1.165, 1.54) is 6.07 Å². The third-order valence-corrected chi connectivity index (χ3v) is 6.61. The fourth-order valence-electron chi connectivity index (χ4n) is 4.59. The van der Waals surface area contributed by atoms with Crippen molar-refractivity contribution < 1.29 is 14.3 Å². The number of Topliss-reactive ketones (excluding diaryl/α,β-unsaturated/α-hetero) is 1. The number of halogens is 2. The number of rotatable bonds is 5. The zero-order chi connectivity index (χ0) is 26.4.